The number of benzene rings is 7. The minimum Gasteiger partial charge on any atom is -0.311 e. The van der Waals surface area contributed by atoms with Crippen molar-refractivity contribution in [3.63, 3.8) is 0 Å². The molecule has 8 aromatic rings. The minimum absolute atomic E-state index is 0.00395. The first kappa shape index (κ1) is 52.5. The van der Waals surface area contributed by atoms with Gasteiger partial charge in [0.2, 0.25) is 0 Å². The van der Waals surface area contributed by atoms with Crippen LogP contribution in [0, 0.1) is 11.8 Å². The normalized spacial score (nSPS) is 19.5. The number of nitrogens with zero attached hydrogens (tertiary/aromatic N) is 2. The van der Waals surface area contributed by atoms with Crippen LogP contribution in [0.25, 0.3) is 32.3 Å². The Morgan fingerprint density at radius 1 is 0.456 bits per heavy atom. The number of hydrogen-bond acceptors (Lipinski definition) is 3. The molecule has 1 spiro atoms. The highest BCUT2D eigenvalue weighted by molar-refractivity contribution is 7.33. The van der Waals surface area contributed by atoms with Crippen LogP contribution < -0.4 is 25.5 Å². The topological polar surface area (TPSA) is 6.48 Å². The van der Waals surface area contributed by atoms with Crippen LogP contribution in [0.15, 0.2) is 127 Å². The maximum atomic E-state index is 2.79. The number of fused-ring (bicyclic) bond motifs is 14. The van der Waals surface area contributed by atoms with E-state index in [0.717, 1.165) is 5.92 Å². The van der Waals surface area contributed by atoms with Crippen molar-refractivity contribution < 1.29 is 0 Å². The zero-order valence-electron chi connectivity index (χ0n) is 51.0. The molecule has 7 aromatic carbocycles. The van der Waals surface area contributed by atoms with Crippen molar-refractivity contribution in [2.75, 3.05) is 9.80 Å². The molecule has 4 heteroatoms. The zero-order chi connectivity index (χ0) is 56.1. The number of thiophene rings is 1. The van der Waals surface area contributed by atoms with Crippen LogP contribution in [0.5, 0.6) is 0 Å². The molecular weight excluding hydrogens is 972 g/mol. The summed E-state index contributed by atoms with van der Waals surface area (Å²) in [6.45, 7) is 43.0. The van der Waals surface area contributed by atoms with Crippen LogP contribution >= 0.6 is 11.3 Å². The summed E-state index contributed by atoms with van der Waals surface area (Å²) in [5.41, 5.74) is 27.0. The van der Waals surface area contributed by atoms with Gasteiger partial charge in [-0.3, -0.25) is 0 Å². The van der Waals surface area contributed by atoms with E-state index in [1.54, 1.807) is 11.1 Å². The van der Waals surface area contributed by atoms with E-state index in [1.165, 1.54) is 141 Å². The first-order valence-corrected chi connectivity index (χ1v) is 30.8. The molecule has 2 nitrogen and oxygen atoms in total. The average molecular weight is 1060 g/mol. The maximum Gasteiger partial charge on any atom is 0.264 e. The van der Waals surface area contributed by atoms with Gasteiger partial charge in [-0.2, -0.15) is 0 Å². The molecule has 3 unspecified atom stereocenters. The molecule has 1 aromatic heterocycles. The van der Waals surface area contributed by atoms with Crippen molar-refractivity contribution in [3.05, 3.63) is 172 Å². The average Bonchev–Trinajstić information content (AvgIpc) is 4.26. The van der Waals surface area contributed by atoms with Crippen molar-refractivity contribution in [1.29, 1.82) is 0 Å². The van der Waals surface area contributed by atoms with Crippen LogP contribution in [-0.4, -0.2) is 6.71 Å². The molecule has 3 atom stereocenters. The Morgan fingerprint density at radius 2 is 1.01 bits per heavy atom. The second kappa shape index (κ2) is 17.1. The lowest BCUT2D eigenvalue weighted by atomic mass is 9.36. The summed E-state index contributed by atoms with van der Waals surface area (Å²) in [5.74, 6) is 1.48. The van der Waals surface area contributed by atoms with Gasteiger partial charge in [0.1, 0.15) is 0 Å². The standard InChI is InChI=1S/C75H85BN2S/c1-69(2,3)46-28-31-59(54(38-46)45-35-50(72(10,11)12)37-51(36-45)73(13,14)15)78-63-42-52(74(16,17)18)41-62-66(63)76(68-67(78)55-39-47(70(4,5)6)30-33-64(55)79-68)58-40-48(71(7,8)9)29-32-60(58)77(62)61-25-21-24-57-65(61)53-22-19-20-23-56(53)75(57)43-44-26-27-49(75)34-44/h19-25,28-33,35-42,44,49H,26-27,34,43H2,1-18H3. The molecule has 0 amide bonds. The third kappa shape index (κ3) is 8.04. The molecule has 0 N–H and O–H groups in total. The van der Waals surface area contributed by atoms with Crippen LogP contribution in [0.2, 0.25) is 0 Å². The first-order chi connectivity index (χ1) is 36.9. The Morgan fingerprint density at radius 3 is 1.62 bits per heavy atom. The van der Waals surface area contributed by atoms with Crippen LogP contribution in [0.4, 0.5) is 34.1 Å². The Balaban J connectivity index is 1.19. The molecule has 3 aliphatic carbocycles. The molecule has 2 bridgehead atoms. The van der Waals surface area contributed by atoms with E-state index in [9.17, 15) is 0 Å². The van der Waals surface area contributed by atoms with Gasteiger partial charge in [0, 0.05) is 48.5 Å². The summed E-state index contributed by atoms with van der Waals surface area (Å²) in [4.78, 5) is 5.56. The molecule has 13 rings (SSSR count). The summed E-state index contributed by atoms with van der Waals surface area (Å²) in [7, 11) is 0. The summed E-state index contributed by atoms with van der Waals surface area (Å²) >= 11 is 2.03. The highest BCUT2D eigenvalue weighted by atomic mass is 32.1. The third-order valence-electron chi connectivity index (χ3n) is 19.6. The maximum absolute atomic E-state index is 2.79. The van der Waals surface area contributed by atoms with Crippen molar-refractivity contribution in [1.82, 2.24) is 0 Å². The van der Waals surface area contributed by atoms with E-state index in [4.69, 9.17) is 0 Å². The predicted molar refractivity (Wildman–Crippen MR) is 345 cm³/mol. The Bertz CT molecular complexity index is 3810. The van der Waals surface area contributed by atoms with Crippen molar-refractivity contribution in [2.45, 2.75) is 188 Å². The van der Waals surface area contributed by atoms with Gasteiger partial charge in [-0.25, -0.2) is 0 Å². The van der Waals surface area contributed by atoms with Gasteiger partial charge in [-0.1, -0.05) is 210 Å². The first-order valence-electron chi connectivity index (χ1n) is 30.0. The highest BCUT2D eigenvalue weighted by Crippen LogP contribution is 2.67. The summed E-state index contributed by atoms with van der Waals surface area (Å²) < 4.78 is 2.77. The van der Waals surface area contributed by atoms with Gasteiger partial charge in [0.25, 0.3) is 6.71 Å². The third-order valence-corrected chi connectivity index (χ3v) is 20.9. The number of hydrogen-bond donors (Lipinski definition) is 0. The lowest BCUT2D eigenvalue weighted by Gasteiger charge is -2.45. The van der Waals surface area contributed by atoms with E-state index >= 15 is 0 Å². The van der Waals surface area contributed by atoms with E-state index < -0.39 is 0 Å². The fourth-order valence-corrected chi connectivity index (χ4v) is 16.3. The summed E-state index contributed by atoms with van der Waals surface area (Å²) in [6.07, 6.45) is 5.32. The summed E-state index contributed by atoms with van der Waals surface area (Å²) in [6, 6.07) is 52.4. The van der Waals surface area contributed by atoms with Crippen molar-refractivity contribution in [3.8, 4) is 22.3 Å². The van der Waals surface area contributed by atoms with Crippen LogP contribution in [-0.2, 0) is 37.9 Å². The largest absolute Gasteiger partial charge is 0.311 e. The molecular formula is C75H85BN2S. The SMILES string of the molecule is CC(C)(C)c1cc(-c2cc(C(C)(C)C)ccc2N2c3cc(C(C)(C)C)cc4c3B(c3cc(C(C)(C)C)ccc3N4c3cccc4c3-c3ccccc3C43CC4CCC3C4)c3sc4ccc(C(C)(C)C)cc4c32)cc(C(C)(C)C)c1. The van der Waals surface area contributed by atoms with Crippen LogP contribution in [0.1, 0.15) is 195 Å². The second-order valence-corrected chi connectivity index (χ2v) is 32.2. The molecule has 2 fully saturated rings. The summed E-state index contributed by atoms with van der Waals surface area (Å²) in [5, 5.41) is 1.34. The van der Waals surface area contributed by atoms with Gasteiger partial charge in [-0.05, 0) is 179 Å². The fourth-order valence-electron chi connectivity index (χ4n) is 15.0. The zero-order valence-corrected chi connectivity index (χ0v) is 51.8. The van der Waals surface area contributed by atoms with Gasteiger partial charge in [0.15, 0.2) is 0 Å². The van der Waals surface area contributed by atoms with Gasteiger partial charge >= 0.3 is 0 Å². The minimum atomic E-state index is -0.162. The lowest BCUT2D eigenvalue weighted by molar-refractivity contribution is 0.327. The number of rotatable bonds is 3. The molecule has 404 valence electrons. The van der Waals surface area contributed by atoms with E-state index in [0.29, 0.717) is 5.92 Å². The molecule has 2 aliphatic heterocycles. The highest BCUT2D eigenvalue weighted by Gasteiger charge is 2.58. The monoisotopic (exact) mass is 1060 g/mol. The Hall–Kier alpha value is -5.84. The predicted octanol–water partition coefficient (Wildman–Crippen LogP) is 19.5. The van der Waals surface area contributed by atoms with Crippen molar-refractivity contribution in [2.24, 2.45) is 11.8 Å². The van der Waals surface area contributed by atoms with Gasteiger partial charge < -0.3 is 9.80 Å². The smallest absolute Gasteiger partial charge is 0.264 e. The molecule has 3 heterocycles. The number of anilines is 6. The van der Waals surface area contributed by atoms with Crippen LogP contribution in [0.3, 0.4) is 0 Å². The van der Waals surface area contributed by atoms with Gasteiger partial charge in [-0.15, -0.1) is 11.3 Å². The molecule has 2 saturated carbocycles. The van der Waals surface area contributed by atoms with Crippen molar-refractivity contribution >= 4 is 78.0 Å². The Labute approximate surface area is 479 Å². The van der Waals surface area contributed by atoms with E-state index in [2.05, 4.69) is 262 Å². The fraction of sp³-hybridized carbons (Fsp3) is 0.413. The van der Waals surface area contributed by atoms with E-state index in [-0.39, 0.29) is 44.6 Å². The molecule has 5 aliphatic rings. The van der Waals surface area contributed by atoms with E-state index in [1.807, 2.05) is 11.3 Å². The van der Waals surface area contributed by atoms with Gasteiger partial charge in [0.05, 0.1) is 17.1 Å². The lowest BCUT2D eigenvalue weighted by Crippen LogP contribution is -2.60. The molecule has 0 saturated heterocycles. The Kier molecular flexibility index (Phi) is 11.4. The molecule has 0 radical (unpaired) electrons. The quantitative estimate of drug-likeness (QED) is 0.163. The second-order valence-electron chi connectivity index (χ2n) is 31.2. The molecule has 79 heavy (non-hydrogen) atoms.